The molecule has 2 heterocycles. The van der Waals surface area contributed by atoms with Gasteiger partial charge in [0.15, 0.2) is 0 Å². The molecule has 0 aliphatic rings. The van der Waals surface area contributed by atoms with Crippen LogP contribution in [0.15, 0.2) is 71.5 Å². The molecular formula is C30H25N3O5. The minimum Gasteiger partial charge on any atom is -0.493 e. The molecular weight excluding hydrogens is 482 g/mol. The van der Waals surface area contributed by atoms with E-state index in [1.165, 1.54) is 4.57 Å². The largest absolute Gasteiger partial charge is 0.512 e. The Morgan fingerprint density at radius 2 is 1.79 bits per heavy atom. The summed E-state index contributed by atoms with van der Waals surface area (Å²) in [6.45, 7) is 2.23. The first-order chi connectivity index (χ1) is 18.4. The van der Waals surface area contributed by atoms with Gasteiger partial charge < -0.3 is 24.1 Å². The molecule has 8 nitrogen and oxygen atoms in total. The lowest BCUT2D eigenvalue weighted by atomic mass is 9.98. The summed E-state index contributed by atoms with van der Waals surface area (Å²) < 4.78 is 12.6. The highest BCUT2D eigenvalue weighted by Crippen LogP contribution is 2.37. The van der Waals surface area contributed by atoms with Gasteiger partial charge in [-0.1, -0.05) is 54.6 Å². The average Bonchev–Trinajstić information content (AvgIpc) is 3.26. The number of rotatable bonds is 7. The van der Waals surface area contributed by atoms with Gasteiger partial charge in [-0.3, -0.25) is 4.79 Å². The lowest BCUT2D eigenvalue weighted by Gasteiger charge is -2.12. The van der Waals surface area contributed by atoms with Crippen LogP contribution < -0.4 is 15.0 Å². The lowest BCUT2D eigenvalue weighted by molar-refractivity contribution is 0.142. The number of hydrogen-bond acceptors (Lipinski definition) is 5. The minimum absolute atomic E-state index is 0.0319. The second-order valence-electron chi connectivity index (χ2n) is 8.99. The monoisotopic (exact) mass is 507 g/mol. The van der Waals surface area contributed by atoms with Crippen molar-refractivity contribution < 1.29 is 19.4 Å². The Labute approximate surface area is 218 Å². The average molecular weight is 508 g/mol. The lowest BCUT2D eigenvalue weighted by Crippen LogP contribution is -2.22. The number of aryl methyl sites for hydroxylation is 1. The van der Waals surface area contributed by atoms with Crippen LogP contribution in [0.25, 0.3) is 32.8 Å². The van der Waals surface area contributed by atoms with Gasteiger partial charge >= 0.3 is 6.16 Å². The van der Waals surface area contributed by atoms with Crippen LogP contribution in [0.3, 0.4) is 0 Å². The van der Waals surface area contributed by atoms with Crippen molar-refractivity contribution >= 4 is 27.8 Å². The molecule has 0 aliphatic heterocycles. The summed E-state index contributed by atoms with van der Waals surface area (Å²) in [5, 5.41) is 21.8. The summed E-state index contributed by atoms with van der Waals surface area (Å²) in [5.41, 5.74) is 3.16. The number of ether oxygens (including phenoxy) is 2. The van der Waals surface area contributed by atoms with E-state index in [1.54, 1.807) is 20.0 Å². The zero-order chi connectivity index (χ0) is 26.8. The molecule has 0 saturated heterocycles. The van der Waals surface area contributed by atoms with Gasteiger partial charge in [0, 0.05) is 40.2 Å². The van der Waals surface area contributed by atoms with E-state index in [1.807, 2.05) is 66.7 Å². The molecule has 0 aliphatic carbocycles. The number of nitrogens with zero attached hydrogens (tertiary/aromatic N) is 2. The number of carbonyl (C=O) groups is 1. The number of nitrogens with one attached hydrogen (secondary N) is 1. The van der Waals surface area contributed by atoms with Crippen LogP contribution in [0.1, 0.15) is 23.2 Å². The molecule has 5 rings (SSSR count). The van der Waals surface area contributed by atoms with Crippen molar-refractivity contribution in [3.05, 3.63) is 93.9 Å². The maximum Gasteiger partial charge on any atom is 0.512 e. The number of para-hydroxylation sites is 1. The number of fused-ring (bicyclic) bond motifs is 2. The second-order valence-corrected chi connectivity index (χ2v) is 8.99. The Balaban J connectivity index is 1.48. The standard InChI is InChI=1S/C30H25N3O5/c1-18-25(16-20(17-31)29(34)33(18)2)23-12-6-11-22-24(28(32-27(22)23)38-30(35)36)13-7-15-37-26-14-5-9-19-8-3-4-10-21(19)26/h3-6,8-12,14,16,32H,7,13,15H2,1-2H3,(H,35,36). The van der Waals surface area contributed by atoms with Gasteiger partial charge in [0.25, 0.3) is 5.56 Å². The van der Waals surface area contributed by atoms with E-state index in [0.717, 1.165) is 27.5 Å². The van der Waals surface area contributed by atoms with E-state index in [0.29, 0.717) is 41.8 Å². The van der Waals surface area contributed by atoms with E-state index in [4.69, 9.17) is 9.47 Å². The highest BCUT2D eigenvalue weighted by molar-refractivity contribution is 5.98. The van der Waals surface area contributed by atoms with Crippen molar-refractivity contribution in [1.82, 2.24) is 9.55 Å². The number of hydrogen-bond donors (Lipinski definition) is 2. The summed E-state index contributed by atoms with van der Waals surface area (Å²) in [5.74, 6) is 0.942. The van der Waals surface area contributed by atoms with Gasteiger partial charge in [-0.05, 0) is 37.3 Å². The molecule has 0 fully saturated rings. The molecule has 0 bridgehead atoms. The van der Waals surface area contributed by atoms with Gasteiger partial charge in [-0.2, -0.15) is 5.26 Å². The van der Waals surface area contributed by atoms with E-state index in [-0.39, 0.29) is 17.0 Å². The maximum atomic E-state index is 12.4. The molecule has 3 aromatic carbocycles. The highest BCUT2D eigenvalue weighted by atomic mass is 16.7. The predicted molar refractivity (Wildman–Crippen MR) is 145 cm³/mol. The number of benzene rings is 3. The maximum absolute atomic E-state index is 12.4. The van der Waals surface area contributed by atoms with Crippen molar-refractivity contribution in [3.63, 3.8) is 0 Å². The van der Waals surface area contributed by atoms with Crippen LogP contribution in [0.4, 0.5) is 4.79 Å². The second kappa shape index (κ2) is 10.1. The summed E-state index contributed by atoms with van der Waals surface area (Å²) in [6.07, 6.45) is -0.295. The summed E-state index contributed by atoms with van der Waals surface area (Å²) >= 11 is 0. The normalized spacial score (nSPS) is 11.0. The number of nitriles is 1. The first kappa shape index (κ1) is 24.7. The van der Waals surface area contributed by atoms with Crippen molar-refractivity contribution in [2.24, 2.45) is 7.05 Å². The Hall–Kier alpha value is -5.03. The van der Waals surface area contributed by atoms with E-state index >= 15 is 0 Å². The van der Waals surface area contributed by atoms with Crippen LogP contribution in [-0.2, 0) is 13.5 Å². The highest BCUT2D eigenvalue weighted by Gasteiger charge is 2.20. The van der Waals surface area contributed by atoms with Crippen LogP contribution in [-0.4, -0.2) is 27.4 Å². The van der Waals surface area contributed by atoms with Crippen LogP contribution in [0.2, 0.25) is 0 Å². The first-order valence-corrected chi connectivity index (χ1v) is 12.1. The minimum atomic E-state index is -1.42. The number of aromatic amines is 1. The summed E-state index contributed by atoms with van der Waals surface area (Å²) in [4.78, 5) is 27.0. The van der Waals surface area contributed by atoms with E-state index in [2.05, 4.69) is 4.98 Å². The van der Waals surface area contributed by atoms with E-state index < -0.39 is 6.16 Å². The number of H-pyrrole nitrogens is 1. The molecule has 0 amide bonds. The van der Waals surface area contributed by atoms with E-state index in [9.17, 15) is 20.0 Å². The van der Waals surface area contributed by atoms with Gasteiger partial charge in [0.1, 0.15) is 17.4 Å². The molecule has 2 aromatic heterocycles. The zero-order valence-electron chi connectivity index (χ0n) is 20.9. The fourth-order valence-electron chi connectivity index (χ4n) is 4.83. The topological polar surface area (TPSA) is 117 Å². The van der Waals surface area contributed by atoms with Gasteiger partial charge in [0.05, 0.1) is 12.1 Å². The molecule has 0 unspecified atom stereocenters. The molecule has 2 N–H and O–H groups in total. The van der Waals surface area contributed by atoms with Crippen LogP contribution >= 0.6 is 0 Å². The van der Waals surface area contributed by atoms with Crippen molar-refractivity contribution in [1.29, 1.82) is 5.26 Å². The Bertz CT molecular complexity index is 1790. The molecule has 0 saturated carbocycles. The molecule has 5 aromatic rings. The molecule has 8 heteroatoms. The first-order valence-electron chi connectivity index (χ1n) is 12.1. The molecule has 0 spiro atoms. The number of pyridine rings is 1. The van der Waals surface area contributed by atoms with Crippen molar-refractivity contribution in [2.45, 2.75) is 19.8 Å². The summed E-state index contributed by atoms with van der Waals surface area (Å²) in [7, 11) is 1.62. The SMILES string of the molecule is Cc1c(-c2cccc3c(CCCOc4cccc5ccccc45)c(OC(=O)O)[nH]c23)cc(C#N)c(=O)n1C. The van der Waals surface area contributed by atoms with Crippen molar-refractivity contribution in [2.75, 3.05) is 6.61 Å². The third kappa shape index (κ3) is 4.46. The quantitative estimate of drug-likeness (QED) is 0.208. The molecule has 38 heavy (non-hydrogen) atoms. The van der Waals surface area contributed by atoms with Crippen LogP contribution in [0.5, 0.6) is 11.6 Å². The Kier molecular flexibility index (Phi) is 6.58. The predicted octanol–water partition coefficient (Wildman–Crippen LogP) is 5.94. The zero-order valence-corrected chi connectivity index (χ0v) is 20.9. The third-order valence-corrected chi connectivity index (χ3v) is 6.80. The third-order valence-electron chi connectivity index (χ3n) is 6.80. The van der Waals surface area contributed by atoms with Gasteiger partial charge in [-0.25, -0.2) is 4.79 Å². The molecule has 0 radical (unpaired) electrons. The molecule has 190 valence electrons. The fourth-order valence-corrected chi connectivity index (χ4v) is 4.83. The number of carboxylic acid groups (broad SMARTS) is 1. The summed E-state index contributed by atoms with van der Waals surface area (Å²) in [6, 6.07) is 23.1. The van der Waals surface area contributed by atoms with Gasteiger partial charge in [-0.15, -0.1) is 0 Å². The fraction of sp³-hybridized carbons (Fsp3) is 0.167. The smallest absolute Gasteiger partial charge is 0.493 e. The van der Waals surface area contributed by atoms with Crippen LogP contribution in [0, 0.1) is 18.3 Å². The molecule has 0 atom stereocenters. The van der Waals surface area contributed by atoms with Crippen molar-refractivity contribution in [3.8, 4) is 28.8 Å². The Morgan fingerprint density at radius 3 is 2.58 bits per heavy atom. The van der Waals surface area contributed by atoms with Gasteiger partial charge in [0.2, 0.25) is 5.88 Å². The Morgan fingerprint density at radius 1 is 1.05 bits per heavy atom. The number of aromatic nitrogens is 2.